The Morgan fingerprint density at radius 2 is 2.33 bits per heavy atom. The lowest BCUT2D eigenvalue weighted by atomic mass is 10.3. The molecule has 0 spiro atoms. The third-order valence-corrected chi connectivity index (χ3v) is 3.79. The lowest BCUT2D eigenvalue weighted by Crippen LogP contribution is -1.97. The van der Waals surface area contributed by atoms with Crippen LogP contribution in [0.1, 0.15) is 5.69 Å². The number of aliphatic hydroxyl groups excluding tert-OH is 1. The van der Waals surface area contributed by atoms with Gasteiger partial charge in [-0.2, -0.15) is 4.98 Å². The van der Waals surface area contributed by atoms with E-state index >= 15 is 0 Å². The summed E-state index contributed by atoms with van der Waals surface area (Å²) in [6.07, 6.45) is 1.73. The molecule has 2 aromatic heterocycles. The van der Waals surface area contributed by atoms with E-state index in [2.05, 4.69) is 4.98 Å². The first-order chi connectivity index (χ1) is 10.1. The molecule has 0 aliphatic heterocycles. The van der Waals surface area contributed by atoms with Gasteiger partial charge in [-0.05, 0) is 6.07 Å². The van der Waals surface area contributed by atoms with Crippen LogP contribution in [0.2, 0.25) is 5.02 Å². The van der Waals surface area contributed by atoms with Gasteiger partial charge in [-0.15, -0.1) is 11.3 Å². The van der Waals surface area contributed by atoms with Gasteiger partial charge in [0.15, 0.2) is 4.96 Å². The van der Waals surface area contributed by atoms with Crippen molar-refractivity contribution in [3.8, 4) is 11.6 Å². The van der Waals surface area contributed by atoms with Crippen molar-refractivity contribution in [2.45, 2.75) is 6.61 Å². The van der Waals surface area contributed by atoms with Crippen LogP contribution in [0.5, 0.6) is 11.6 Å². The third kappa shape index (κ3) is 2.44. The molecule has 1 N–H and O–H groups in total. The maximum atomic E-state index is 11.0. The number of imidazole rings is 1. The number of nitro groups is 1. The van der Waals surface area contributed by atoms with Crippen molar-refractivity contribution in [2.75, 3.05) is 0 Å². The summed E-state index contributed by atoms with van der Waals surface area (Å²) in [5.41, 5.74) is 0.195. The van der Waals surface area contributed by atoms with Gasteiger partial charge in [0.05, 0.1) is 11.5 Å². The zero-order valence-electron chi connectivity index (χ0n) is 10.4. The molecule has 0 amide bonds. The molecule has 0 saturated heterocycles. The zero-order chi connectivity index (χ0) is 15.0. The standard InChI is InChI=1S/C12H8ClN3O4S/c13-7-1-2-8(16(18)19)10(5-7)20-11-9(6-17)15-3-4-21-12(15)14-11/h1-5,17H,6H2. The highest BCUT2D eigenvalue weighted by Crippen LogP contribution is 2.35. The molecule has 0 unspecified atom stereocenters. The summed E-state index contributed by atoms with van der Waals surface area (Å²) >= 11 is 7.21. The van der Waals surface area contributed by atoms with Crippen molar-refractivity contribution in [1.82, 2.24) is 9.38 Å². The van der Waals surface area contributed by atoms with Crippen LogP contribution in [0.15, 0.2) is 29.8 Å². The monoisotopic (exact) mass is 325 g/mol. The van der Waals surface area contributed by atoms with Gasteiger partial charge in [0.1, 0.15) is 5.69 Å². The van der Waals surface area contributed by atoms with E-state index < -0.39 is 4.92 Å². The third-order valence-electron chi connectivity index (χ3n) is 2.80. The lowest BCUT2D eigenvalue weighted by Gasteiger charge is -2.05. The maximum Gasteiger partial charge on any atom is 0.311 e. The Kier molecular flexibility index (Phi) is 3.50. The number of halogens is 1. The molecular formula is C12H8ClN3O4S. The molecule has 21 heavy (non-hydrogen) atoms. The van der Waals surface area contributed by atoms with Crippen molar-refractivity contribution < 1.29 is 14.8 Å². The first-order valence-electron chi connectivity index (χ1n) is 5.77. The van der Waals surface area contributed by atoms with E-state index in [9.17, 15) is 15.2 Å². The van der Waals surface area contributed by atoms with E-state index in [1.807, 2.05) is 5.38 Å². The number of hydrogen-bond acceptors (Lipinski definition) is 6. The molecule has 0 radical (unpaired) electrons. The minimum Gasteiger partial charge on any atom is -0.430 e. The Bertz CT molecular complexity index is 829. The number of benzene rings is 1. The average molecular weight is 326 g/mol. The number of thiazole rings is 1. The minimum absolute atomic E-state index is 0.0204. The van der Waals surface area contributed by atoms with Gasteiger partial charge in [0.2, 0.25) is 11.6 Å². The van der Waals surface area contributed by atoms with Gasteiger partial charge >= 0.3 is 5.69 Å². The molecule has 3 aromatic rings. The van der Waals surface area contributed by atoms with Crippen LogP contribution >= 0.6 is 22.9 Å². The molecule has 0 bridgehead atoms. The van der Waals surface area contributed by atoms with Crippen molar-refractivity contribution in [1.29, 1.82) is 0 Å². The summed E-state index contributed by atoms with van der Waals surface area (Å²) in [4.78, 5) is 15.3. The van der Waals surface area contributed by atoms with Gasteiger partial charge in [0, 0.05) is 28.7 Å². The van der Waals surface area contributed by atoms with E-state index in [4.69, 9.17) is 16.3 Å². The number of rotatable bonds is 4. The molecule has 108 valence electrons. The Morgan fingerprint density at radius 1 is 1.52 bits per heavy atom. The summed E-state index contributed by atoms with van der Waals surface area (Å²) in [5, 5.41) is 22.6. The maximum absolute atomic E-state index is 11.0. The Hall–Kier alpha value is -2.16. The smallest absolute Gasteiger partial charge is 0.311 e. The van der Waals surface area contributed by atoms with Gasteiger partial charge in [0.25, 0.3) is 0 Å². The number of fused-ring (bicyclic) bond motifs is 1. The molecular weight excluding hydrogens is 318 g/mol. The largest absolute Gasteiger partial charge is 0.430 e. The van der Waals surface area contributed by atoms with Crippen molar-refractivity contribution >= 4 is 33.6 Å². The van der Waals surface area contributed by atoms with Crippen LogP contribution in [0, 0.1) is 10.1 Å². The summed E-state index contributed by atoms with van der Waals surface area (Å²) in [6, 6.07) is 4.01. The van der Waals surface area contributed by atoms with Gasteiger partial charge in [-0.25, -0.2) is 0 Å². The van der Waals surface area contributed by atoms with Crippen LogP contribution in [0.3, 0.4) is 0 Å². The summed E-state index contributed by atoms with van der Waals surface area (Å²) in [5.74, 6) is 0.0997. The highest BCUT2D eigenvalue weighted by Gasteiger charge is 2.20. The highest BCUT2D eigenvalue weighted by molar-refractivity contribution is 7.15. The highest BCUT2D eigenvalue weighted by atomic mass is 35.5. The van der Waals surface area contributed by atoms with E-state index in [1.54, 1.807) is 10.6 Å². The summed E-state index contributed by atoms with van der Waals surface area (Å²) in [7, 11) is 0. The SMILES string of the molecule is O=[N+]([O-])c1ccc(Cl)cc1Oc1nc2sccn2c1CO. The normalized spacial score (nSPS) is 11.0. The number of nitro benzene ring substituents is 1. The number of hydrogen-bond donors (Lipinski definition) is 1. The van der Waals surface area contributed by atoms with E-state index in [-0.39, 0.29) is 23.9 Å². The first kappa shape index (κ1) is 13.8. The molecule has 2 heterocycles. The quantitative estimate of drug-likeness (QED) is 0.587. The fourth-order valence-electron chi connectivity index (χ4n) is 1.86. The average Bonchev–Trinajstić information content (AvgIpc) is 2.98. The fourth-order valence-corrected chi connectivity index (χ4v) is 2.75. The Balaban J connectivity index is 2.07. The molecule has 0 fully saturated rings. The second kappa shape index (κ2) is 5.32. The fraction of sp³-hybridized carbons (Fsp3) is 0.0833. The summed E-state index contributed by atoms with van der Waals surface area (Å²) in [6.45, 7) is -0.304. The number of nitrogens with zero attached hydrogens (tertiary/aromatic N) is 3. The first-order valence-corrected chi connectivity index (χ1v) is 7.03. The molecule has 9 heteroatoms. The Morgan fingerprint density at radius 3 is 3.05 bits per heavy atom. The predicted octanol–water partition coefficient (Wildman–Crippen LogP) is 3.24. The van der Waals surface area contributed by atoms with Crippen LogP contribution in [-0.2, 0) is 6.61 Å². The molecule has 0 aliphatic carbocycles. The van der Waals surface area contributed by atoms with Gasteiger partial charge < -0.3 is 9.84 Å². The Labute approximate surface area is 127 Å². The van der Waals surface area contributed by atoms with Gasteiger partial charge in [-0.3, -0.25) is 14.5 Å². The molecule has 7 nitrogen and oxygen atoms in total. The van der Waals surface area contributed by atoms with Gasteiger partial charge in [-0.1, -0.05) is 11.6 Å². The van der Waals surface area contributed by atoms with E-state index in [0.717, 1.165) is 0 Å². The lowest BCUT2D eigenvalue weighted by molar-refractivity contribution is -0.385. The predicted molar refractivity (Wildman–Crippen MR) is 77.2 cm³/mol. The molecule has 0 atom stereocenters. The van der Waals surface area contributed by atoms with E-state index in [1.165, 1.54) is 29.5 Å². The number of aliphatic hydroxyl groups is 1. The molecule has 0 saturated carbocycles. The van der Waals surface area contributed by atoms with Crippen molar-refractivity contribution in [3.63, 3.8) is 0 Å². The minimum atomic E-state index is -0.567. The second-order valence-electron chi connectivity index (χ2n) is 4.05. The van der Waals surface area contributed by atoms with Crippen LogP contribution in [-0.4, -0.2) is 19.4 Å². The molecule has 3 rings (SSSR count). The van der Waals surface area contributed by atoms with Crippen LogP contribution in [0.25, 0.3) is 4.96 Å². The molecule has 0 aliphatic rings. The van der Waals surface area contributed by atoms with Crippen molar-refractivity contribution in [2.24, 2.45) is 0 Å². The summed E-state index contributed by atoms with van der Waals surface area (Å²) < 4.78 is 7.17. The van der Waals surface area contributed by atoms with Crippen LogP contribution < -0.4 is 4.74 Å². The topological polar surface area (TPSA) is 89.9 Å². The van der Waals surface area contributed by atoms with Crippen LogP contribution in [0.4, 0.5) is 5.69 Å². The number of aromatic nitrogens is 2. The molecule has 1 aromatic carbocycles. The van der Waals surface area contributed by atoms with E-state index in [0.29, 0.717) is 15.7 Å². The zero-order valence-corrected chi connectivity index (χ0v) is 12.0. The van der Waals surface area contributed by atoms with Crippen molar-refractivity contribution in [3.05, 3.63) is 50.6 Å². The number of ether oxygens (including phenoxy) is 1. The second-order valence-corrected chi connectivity index (χ2v) is 5.36.